The van der Waals surface area contributed by atoms with Crippen LogP contribution in [0, 0.1) is 0 Å². The van der Waals surface area contributed by atoms with E-state index in [1.54, 1.807) is 25.3 Å². The predicted octanol–water partition coefficient (Wildman–Crippen LogP) is 4.67. The lowest BCUT2D eigenvalue weighted by atomic mass is 10.0. The van der Waals surface area contributed by atoms with Gasteiger partial charge in [-0.25, -0.2) is 0 Å². The van der Waals surface area contributed by atoms with Gasteiger partial charge in [0, 0.05) is 11.4 Å². The molecule has 0 aromatic heterocycles. The molecule has 0 atom stereocenters. The molecule has 0 aliphatic heterocycles. The molecule has 0 bridgehead atoms. The Bertz CT molecular complexity index is 413. The first-order chi connectivity index (χ1) is 8.69. The monoisotopic (exact) mass is 266 g/mol. The van der Waals surface area contributed by atoms with Gasteiger partial charge >= 0.3 is 0 Å². The number of methoxy groups -OCH3 is 1. The molecule has 1 aromatic carbocycles. The summed E-state index contributed by atoms with van der Waals surface area (Å²) in [6.45, 7) is 3.68. The summed E-state index contributed by atoms with van der Waals surface area (Å²) < 4.78 is 5.17. The Morgan fingerprint density at radius 3 is 2.83 bits per heavy atom. The molecule has 0 spiro atoms. The fourth-order valence-electron chi connectivity index (χ4n) is 1.78. The van der Waals surface area contributed by atoms with E-state index in [1.807, 2.05) is 6.08 Å². The number of halogens is 1. The highest BCUT2D eigenvalue weighted by atomic mass is 35.5. The minimum Gasteiger partial charge on any atom is -0.496 e. The maximum atomic E-state index is 12.1. The highest BCUT2D eigenvalue weighted by molar-refractivity contribution is 6.31. The number of hydrogen-bond acceptors (Lipinski definition) is 2. The second-order valence-electron chi connectivity index (χ2n) is 4.16. The van der Waals surface area contributed by atoms with Crippen LogP contribution in [-0.4, -0.2) is 12.9 Å². The van der Waals surface area contributed by atoms with Crippen LogP contribution in [0.15, 0.2) is 30.9 Å². The van der Waals surface area contributed by atoms with Crippen LogP contribution in [0.2, 0.25) is 5.02 Å². The molecule has 0 saturated heterocycles. The fourth-order valence-corrected chi connectivity index (χ4v) is 1.96. The number of carbonyl (C=O) groups excluding carboxylic acids is 1. The summed E-state index contributed by atoms with van der Waals surface area (Å²) in [6.07, 6.45) is 6.47. The number of carbonyl (C=O) groups is 1. The van der Waals surface area contributed by atoms with Crippen molar-refractivity contribution in [1.29, 1.82) is 0 Å². The van der Waals surface area contributed by atoms with Crippen molar-refractivity contribution in [1.82, 2.24) is 0 Å². The van der Waals surface area contributed by atoms with Gasteiger partial charge in [-0.05, 0) is 37.5 Å². The van der Waals surface area contributed by atoms with Crippen molar-refractivity contribution in [3.8, 4) is 5.75 Å². The number of benzene rings is 1. The second kappa shape index (κ2) is 7.93. The van der Waals surface area contributed by atoms with E-state index in [1.165, 1.54) is 0 Å². The summed E-state index contributed by atoms with van der Waals surface area (Å²) in [4.78, 5) is 12.1. The molecule has 18 heavy (non-hydrogen) atoms. The van der Waals surface area contributed by atoms with Crippen LogP contribution in [0.25, 0.3) is 0 Å². The van der Waals surface area contributed by atoms with E-state index in [-0.39, 0.29) is 5.78 Å². The lowest BCUT2D eigenvalue weighted by Gasteiger charge is -2.07. The average molecular weight is 267 g/mol. The highest BCUT2D eigenvalue weighted by Gasteiger charge is 2.12. The largest absolute Gasteiger partial charge is 0.496 e. The molecule has 0 unspecified atom stereocenters. The SMILES string of the molecule is C=CCCCCCC(=O)c1cc(Cl)ccc1OC. The van der Waals surface area contributed by atoms with E-state index in [4.69, 9.17) is 16.3 Å². The Morgan fingerprint density at radius 1 is 1.39 bits per heavy atom. The standard InChI is InChI=1S/C15H19ClO2/c1-3-4-5-6-7-8-14(17)13-11-12(16)9-10-15(13)18-2/h3,9-11H,1,4-8H2,2H3. The molecule has 1 rings (SSSR count). The third-order valence-electron chi connectivity index (χ3n) is 2.77. The van der Waals surface area contributed by atoms with Gasteiger partial charge in [-0.2, -0.15) is 0 Å². The first-order valence-corrected chi connectivity index (χ1v) is 6.54. The number of unbranched alkanes of at least 4 members (excludes halogenated alkanes) is 3. The zero-order valence-electron chi connectivity index (χ0n) is 10.7. The number of allylic oxidation sites excluding steroid dienone is 1. The van der Waals surface area contributed by atoms with Gasteiger partial charge < -0.3 is 4.74 Å². The molecule has 1 aromatic rings. The summed E-state index contributed by atoms with van der Waals surface area (Å²) in [5.74, 6) is 0.684. The van der Waals surface area contributed by atoms with Gasteiger partial charge in [0.2, 0.25) is 0 Å². The second-order valence-corrected chi connectivity index (χ2v) is 4.59. The molecule has 0 radical (unpaired) electrons. The van der Waals surface area contributed by atoms with Crippen LogP contribution in [0.4, 0.5) is 0 Å². The maximum absolute atomic E-state index is 12.1. The summed E-state index contributed by atoms with van der Waals surface area (Å²) in [5, 5.41) is 0.561. The molecule has 0 amide bonds. The third-order valence-corrected chi connectivity index (χ3v) is 3.01. The normalized spacial score (nSPS) is 10.1. The zero-order chi connectivity index (χ0) is 13.4. The molecule has 2 nitrogen and oxygen atoms in total. The topological polar surface area (TPSA) is 26.3 Å². The number of ketones is 1. The summed E-state index contributed by atoms with van der Waals surface area (Å²) in [5.41, 5.74) is 0.578. The van der Waals surface area contributed by atoms with Gasteiger partial charge in [0.1, 0.15) is 5.75 Å². The zero-order valence-corrected chi connectivity index (χ0v) is 11.5. The van der Waals surface area contributed by atoms with Crippen molar-refractivity contribution < 1.29 is 9.53 Å². The number of ether oxygens (including phenoxy) is 1. The van der Waals surface area contributed by atoms with Crippen molar-refractivity contribution >= 4 is 17.4 Å². The summed E-state index contributed by atoms with van der Waals surface area (Å²) in [7, 11) is 1.56. The molecule has 0 N–H and O–H groups in total. The Hall–Kier alpha value is -1.28. The highest BCUT2D eigenvalue weighted by Crippen LogP contribution is 2.24. The smallest absolute Gasteiger partial charge is 0.166 e. The van der Waals surface area contributed by atoms with E-state index < -0.39 is 0 Å². The van der Waals surface area contributed by atoms with E-state index in [2.05, 4.69) is 6.58 Å². The Labute approximate surface area is 114 Å². The Balaban J connectivity index is 2.55. The van der Waals surface area contributed by atoms with Crippen LogP contribution in [0.3, 0.4) is 0 Å². The molecule has 0 heterocycles. The van der Waals surface area contributed by atoms with Gasteiger partial charge in [-0.3, -0.25) is 4.79 Å². The summed E-state index contributed by atoms with van der Waals surface area (Å²) in [6, 6.07) is 5.13. The van der Waals surface area contributed by atoms with Crippen LogP contribution in [0.5, 0.6) is 5.75 Å². The van der Waals surface area contributed by atoms with Crippen molar-refractivity contribution in [2.24, 2.45) is 0 Å². The van der Waals surface area contributed by atoms with Crippen LogP contribution < -0.4 is 4.74 Å². The first-order valence-electron chi connectivity index (χ1n) is 6.16. The molecule has 98 valence electrons. The van der Waals surface area contributed by atoms with Crippen LogP contribution in [0.1, 0.15) is 42.5 Å². The molecule has 0 aliphatic carbocycles. The third kappa shape index (κ3) is 4.53. The van der Waals surface area contributed by atoms with Gasteiger partial charge in [0.15, 0.2) is 5.78 Å². The molecule has 0 fully saturated rings. The van der Waals surface area contributed by atoms with Crippen LogP contribution >= 0.6 is 11.6 Å². The molecular formula is C15H19ClO2. The average Bonchev–Trinajstić information content (AvgIpc) is 2.38. The molecule has 0 saturated carbocycles. The lowest BCUT2D eigenvalue weighted by molar-refractivity contribution is 0.0976. The number of hydrogen-bond donors (Lipinski definition) is 0. The van der Waals surface area contributed by atoms with Crippen molar-refractivity contribution in [2.75, 3.05) is 7.11 Å². The predicted molar refractivity (Wildman–Crippen MR) is 75.6 cm³/mol. The minimum atomic E-state index is 0.0907. The molecule has 0 aliphatic rings. The molecular weight excluding hydrogens is 248 g/mol. The first kappa shape index (κ1) is 14.8. The Kier molecular flexibility index (Phi) is 6.51. The quantitative estimate of drug-likeness (QED) is 0.388. The maximum Gasteiger partial charge on any atom is 0.166 e. The van der Waals surface area contributed by atoms with Crippen LogP contribution in [-0.2, 0) is 0 Å². The minimum absolute atomic E-state index is 0.0907. The van der Waals surface area contributed by atoms with Crippen molar-refractivity contribution in [2.45, 2.75) is 32.1 Å². The number of rotatable bonds is 8. The fraction of sp³-hybridized carbons (Fsp3) is 0.400. The van der Waals surface area contributed by atoms with Crippen molar-refractivity contribution in [3.05, 3.63) is 41.4 Å². The van der Waals surface area contributed by atoms with Gasteiger partial charge in [0.25, 0.3) is 0 Å². The Morgan fingerprint density at radius 2 is 2.17 bits per heavy atom. The summed E-state index contributed by atoms with van der Waals surface area (Å²) >= 11 is 5.90. The molecule has 3 heteroatoms. The van der Waals surface area contributed by atoms with Gasteiger partial charge in [-0.15, -0.1) is 6.58 Å². The van der Waals surface area contributed by atoms with E-state index in [0.717, 1.165) is 25.7 Å². The van der Waals surface area contributed by atoms with E-state index in [0.29, 0.717) is 22.8 Å². The van der Waals surface area contributed by atoms with E-state index >= 15 is 0 Å². The lowest BCUT2D eigenvalue weighted by Crippen LogP contribution is -2.02. The van der Waals surface area contributed by atoms with Crippen molar-refractivity contribution in [3.63, 3.8) is 0 Å². The number of Topliss-reactive ketones (excluding diaryl/α,β-unsaturated/α-hetero) is 1. The van der Waals surface area contributed by atoms with Gasteiger partial charge in [-0.1, -0.05) is 24.1 Å². The van der Waals surface area contributed by atoms with Gasteiger partial charge in [0.05, 0.1) is 12.7 Å². The van der Waals surface area contributed by atoms with E-state index in [9.17, 15) is 4.79 Å².